The minimum absolute atomic E-state index is 0.206. The summed E-state index contributed by atoms with van der Waals surface area (Å²) in [7, 11) is 0. The van der Waals surface area contributed by atoms with Gasteiger partial charge < -0.3 is 4.90 Å². The summed E-state index contributed by atoms with van der Waals surface area (Å²) in [5, 5.41) is 7.20. The normalized spacial score (nSPS) is 14.2. The van der Waals surface area contributed by atoms with Gasteiger partial charge in [-0.2, -0.15) is 0 Å². The highest BCUT2D eigenvalue weighted by atomic mass is 19.3. The molecule has 25 heavy (non-hydrogen) atoms. The van der Waals surface area contributed by atoms with E-state index in [1.807, 2.05) is 25.1 Å². The highest BCUT2D eigenvalue weighted by Gasteiger charge is 2.25. The summed E-state index contributed by atoms with van der Waals surface area (Å²) >= 11 is 0. The third kappa shape index (κ3) is 2.65. The fourth-order valence-corrected chi connectivity index (χ4v) is 3.24. The van der Waals surface area contributed by atoms with E-state index in [9.17, 15) is 13.6 Å². The van der Waals surface area contributed by atoms with Crippen molar-refractivity contribution in [2.45, 2.75) is 26.2 Å². The van der Waals surface area contributed by atoms with E-state index < -0.39 is 12.2 Å². The lowest BCUT2D eigenvalue weighted by molar-refractivity contribution is 0.0984. The molecule has 128 valence electrons. The molecule has 0 N–H and O–H groups in total. The molecule has 4 rings (SSSR count). The maximum absolute atomic E-state index is 13.0. The van der Waals surface area contributed by atoms with Gasteiger partial charge >= 0.3 is 0 Å². The van der Waals surface area contributed by atoms with Crippen LogP contribution in [0.3, 0.4) is 0 Å². The Morgan fingerprint density at radius 3 is 2.84 bits per heavy atom. The molecule has 1 amide bonds. The molecule has 3 heterocycles. The number of alkyl halides is 2. The minimum Gasteiger partial charge on any atom is -0.308 e. The summed E-state index contributed by atoms with van der Waals surface area (Å²) in [4.78, 5) is 14.7. The molecule has 7 heteroatoms. The minimum atomic E-state index is -2.75. The Hall–Kier alpha value is -2.83. The quantitative estimate of drug-likeness (QED) is 0.715. The average molecular weight is 342 g/mol. The third-order valence-corrected chi connectivity index (χ3v) is 4.48. The molecule has 5 nitrogen and oxygen atoms in total. The number of hydrogen-bond donors (Lipinski definition) is 0. The van der Waals surface area contributed by atoms with Gasteiger partial charge in [-0.15, -0.1) is 10.2 Å². The molecule has 0 bridgehead atoms. The largest absolute Gasteiger partial charge is 0.308 e. The van der Waals surface area contributed by atoms with Gasteiger partial charge in [0.15, 0.2) is 5.65 Å². The SMILES string of the molecule is Cc1ccc2c(c1)N(C(=O)c1ccc3nnc(C(F)F)n3c1)CCC2. The first kappa shape index (κ1) is 15.7. The lowest BCUT2D eigenvalue weighted by Gasteiger charge is -2.30. The first-order valence-electron chi connectivity index (χ1n) is 8.09. The van der Waals surface area contributed by atoms with E-state index in [1.54, 1.807) is 11.0 Å². The summed E-state index contributed by atoms with van der Waals surface area (Å²) in [6, 6.07) is 9.21. The highest BCUT2D eigenvalue weighted by Crippen LogP contribution is 2.29. The molecule has 0 saturated carbocycles. The molecule has 0 aliphatic carbocycles. The van der Waals surface area contributed by atoms with Gasteiger partial charge in [0.25, 0.3) is 12.3 Å². The van der Waals surface area contributed by atoms with E-state index in [2.05, 4.69) is 10.2 Å². The van der Waals surface area contributed by atoms with Crippen LogP contribution in [0.4, 0.5) is 14.5 Å². The van der Waals surface area contributed by atoms with Crippen molar-refractivity contribution in [2.75, 3.05) is 11.4 Å². The first-order valence-corrected chi connectivity index (χ1v) is 8.09. The van der Waals surface area contributed by atoms with Gasteiger partial charge in [-0.1, -0.05) is 12.1 Å². The molecule has 0 saturated heterocycles. The van der Waals surface area contributed by atoms with E-state index in [4.69, 9.17) is 0 Å². The van der Waals surface area contributed by atoms with Gasteiger partial charge in [0.1, 0.15) is 0 Å². The van der Waals surface area contributed by atoms with E-state index in [1.165, 1.54) is 16.7 Å². The summed E-state index contributed by atoms with van der Waals surface area (Å²) in [5.74, 6) is -0.665. The predicted molar refractivity (Wildman–Crippen MR) is 89.1 cm³/mol. The second-order valence-corrected chi connectivity index (χ2v) is 6.20. The van der Waals surface area contributed by atoms with Crippen LogP contribution in [0.2, 0.25) is 0 Å². The number of carbonyl (C=O) groups excluding carboxylic acids is 1. The number of fused-ring (bicyclic) bond motifs is 2. The van der Waals surface area contributed by atoms with E-state index in [0.717, 1.165) is 29.7 Å². The van der Waals surface area contributed by atoms with Crippen molar-refractivity contribution in [1.82, 2.24) is 14.6 Å². The molecule has 0 unspecified atom stereocenters. The summed E-state index contributed by atoms with van der Waals surface area (Å²) in [6.07, 6.45) is 0.445. The Kier molecular flexibility index (Phi) is 3.71. The van der Waals surface area contributed by atoms with Crippen LogP contribution in [0.25, 0.3) is 5.65 Å². The van der Waals surface area contributed by atoms with Crippen molar-refractivity contribution in [2.24, 2.45) is 0 Å². The van der Waals surface area contributed by atoms with Crippen LogP contribution in [-0.2, 0) is 6.42 Å². The van der Waals surface area contributed by atoms with E-state index in [0.29, 0.717) is 17.8 Å². The molecule has 1 aliphatic heterocycles. The Labute approximate surface area is 142 Å². The number of aryl methyl sites for hydroxylation is 2. The van der Waals surface area contributed by atoms with Crippen LogP contribution in [0, 0.1) is 6.92 Å². The van der Waals surface area contributed by atoms with Crippen LogP contribution in [0.15, 0.2) is 36.5 Å². The Bertz CT molecular complexity index is 967. The summed E-state index contributed by atoms with van der Waals surface area (Å²) < 4.78 is 27.3. The monoisotopic (exact) mass is 342 g/mol. The van der Waals surface area contributed by atoms with Crippen molar-refractivity contribution >= 4 is 17.2 Å². The second-order valence-electron chi connectivity index (χ2n) is 6.20. The topological polar surface area (TPSA) is 50.5 Å². The molecule has 0 fully saturated rings. The number of amides is 1. The first-order chi connectivity index (χ1) is 12.0. The molecule has 0 radical (unpaired) electrons. The van der Waals surface area contributed by atoms with Gasteiger partial charge in [0.2, 0.25) is 5.82 Å². The third-order valence-electron chi connectivity index (χ3n) is 4.48. The molecule has 0 spiro atoms. The van der Waals surface area contributed by atoms with Crippen molar-refractivity contribution in [3.8, 4) is 0 Å². The lowest BCUT2D eigenvalue weighted by atomic mass is 9.99. The smallest absolute Gasteiger partial charge is 0.297 e. The molecule has 0 atom stereocenters. The molecule has 1 aliphatic rings. The van der Waals surface area contributed by atoms with Crippen molar-refractivity contribution in [3.63, 3.8) is 0 Å². The maximum Gasteiger partial charge on any atom is 0.297 e. The van der Waals surface area contributed by atoms with Crippen LogP contribution < -0.4 is 4.90 Å². The van der Waals surface area contributed by atoms with Gasteiger partial charge in [0, 0.05) is 18.4 Å². The van der Waals surface area contributed by atoms with E-state index >= 15 is 0 Å². The standard InChI is InChI=1S/C18H16F2N4O/c1-11-4-5-12-3-2-8-23(14(12)9-11)18(25)13-6-7-15-21-22-17(16(19)20)24(15)10-13/h4-7,9-10,16H,2-3,8H2,1H3. The molecule has 3 aromatic rings. The lowest BCUT2D eigenvalue weighted by Crippen LogP contribution is -2.35. The fraction of sp³-hybridized carbons (Fsp3) is 0.278. The fourth-order valence-electron chi connectivity index (χ4n) is 3.24. The van der Waals surface area contributed by atoms with Crippen molar-refractivity contribution < 1.29 is 13.6 Å². The Morgan fingerprint density at radius 1 is 1.20 bits per heavy atom. The maximum atomic E-state index is 13.0. The zero-order valence-electron chi connectivity index (χ0n) is 13.6. The van der Waals surface area contributed by atoms with E-state index in [-0.39, 0.29) is 5.91 Å². The number of rotatable bonds is 2. The highest BCUT2D eigenvalue weighted by molar-refractivity contribution is 6.06. The Balaban J connectivity index is 1.76. The van der Waals surface area contributed by atoms with Gasteiger partial charge in [-0.25, -0.2) is 8.78 Å². The molecular formula is C18H16F2N4O. The van der Waals surface area contributed by atoms with Crippen LogP contribution >= 0.6 is 0 Å². The summed E-state index contributed by atoms with van der Waals surface area (Å²) in [5.41, 5.74) is 3.73. The second kappa shape index (κ2) is 5.91. The van der Waals surface area contributed by atoms with Gasteiger partial charge in [-0.05, 0) is 49.1 Å². The van der Waals surface area contributed by atoms with Crippen LogP contribution in [0.1, 0.15) is 40.2 Å². The Morgan fingerprint density at radius 2 is 2.04 bits per heavy atom. The number of halogens is 2. The molecule has 1 aromatic carbocycles. The molecule has 2 aromatic heterocycles. The molecular weight excluding hydrogens is 326 g/mol. The van der Waals surface area contributed by atoms with Crippen molar-refractivity contribution in [1.29, 1.82) is 0 Å². The van der Waals surface area contributed by atoms with Gasteiger partial charge in [0.05, 0.1) is 5.56 Å². The number of pyridine rings is 1. The zero-order chi connectivity index (χ0) is 17.6. The zero-order valence-corrected chi connectivity index (χ0v) is 13.6. The predicted octanol–water partition coefficient (Wildman–Crippen LogP) is 3.57. The number of aromatic nitrogens is 3. The number of benzene rings is 1. The number of anilines is 1. The number of carbonyl (C=O) groups is 1. The number of hydrogen-bond acceptors (Lipinski definition) is 3. The van der Waals surface area contributed by atoms with Crippen LogP contribution in [-0.4, -0.2) is 27.0 Å². The number of nitrogens with zero attached hydrogens (tertiary/aromatic N) is 4. The van der Waals surface area contributed by atoms with Crippen LogP contribution in [0.5, 0.6) is 0 Å². The van der Waals surface area contributed by atoms with Gasteiger partial charge in [-0.3, -0.25) is 9.20 Å². The van der Waals surface area contributed by atoms with Crippen molar-refractivity contribution in [3.05, 3.63) is 59.0 Å². The summed E-state index contributed by atoms with van der Waals surface area (Å²) in [6.45, 7) is 2.59. The average Bonchev–Trinajstić information content (AvgIpc) is 3.04.